The lowest BCUT2D eigenvalue weighted by Crippen LogP contribution is -2.42. The highest BCUT2D eigenvalue weighted by atomic mass is 16.5. The van der Waals surface area contributed by atoms with Crippen LogP contribution in [0.4, 0.5) is 5.69 Å². The second-order valence-corrected chi connectivity index (χ2v) is 6.37. The number of nitrogens with zero attached hydrogens (tertiary/aromatic N) is 2. The number of hydrogen-bond donors (Lipinski definition) is 3. The highest BCUT2D eigenvalue weighted by Gasteiger charge is 2.09. The smallest absolute Gasteiger partial charge is 0.191 e. The molecule has 0 spiro atoms. The molecule has 1 heterocycles. The number of benzene rings is 1. The largest absolute Gasteiger partial charge is 0.383 e. The number of piperidine rings is 1. The molecule has 0 bridgehead atoms. The fourth-order valence-corrected chi connectivity index (χ4v) is 2.96. The van der Waals surface area contributed by atoms with Gasteiger partial charge in [-0.1, -0.05) is 18.6 Å². The molecule has 0 aromatic heterocycles. The molecule has 1 aromatic rings. The fraction of sp³-hybridized carbons (Fsp3) is 0.632. The van der Waals surface area contributed by atoms with Crippen molar-refractivity contribution in [3.63, 3.8) is 0 Å². The summed E-state index contributed by atoms with van der Waals surface area (Å²) in [5, 5.41) is 10.1. The Morgan fingerprint density at radius 1 is 1.08 bits per heavy atom. The van der Waals surface area contributed by atoms with Gasteiger partial charge in [-0.3, -0.25) is 4.99 Å². The lowest BCUT2D eigenvalue weighted by atomic mass is 10.1. The highest BCUT2D eigenvalue weighted by molar-refractivity contribution is 5.79. The first-order valence-corrected chi connectivity index (χ1v) is 9.30. The number of anilines is 1. The fourth-order valence-electron chi connectivity index (χ4n) is 2.96. The molecule has 0 amide bonds. The quantitative estimate of drug-likeness (QED) is 0.362. The lowest BCUT2D eigenvalue weighted by molar-refractivity contribution is 0.211. The number of aliphatic imine (C=N–C) groups is 1. The Kier molecular flexibility index (Phi) is 9.15. The minimum atomic E-state index is 0.711. The molecule has 1 aliphatic heterocycles. The predicted molar refractivity (Wildman–Crippen MR) is 105 cm³/mol. The van der Waals surface area contributed by atoms with Gasteiger partial charge in [0.1, 0.15) is 0 Å². The molecular formula is C19H33N5O. The molecule has 6 heteroatoms. The van der Waals surface area contributed by atoms with Crippen LogP contribution in [0.2, 0.25) is 0 Å². The van der Waals surface area contributed by atoms with E-state index in [0.717, 1.165) is 37.8 Å². The third kappa shape index (κ3) is 7.75. The Bertz CT molecular complexity index is 497. The lowest BCUT2D eigenvalue weighted by Gasteiger charge is -2.26. The number of likely N-dealkylation sites (tertiary alicyclic amines) is 1. The molecule has 1 fully saturated rings. The first-order valence-electron chi connectivity index (χ1n) is 9.30. The van der Waals surface area contributed by atoms with Crippen molar-refractivity contribution in [1.82, 2.24) is 15.5 Å². The Hall–Kier alpha value is -1.79. The first kappa shape index (κ1) is 19.5. The number of guanidine groups is 1. The van der Waals surface area contributed by atoms with Crippen molar-refractivity contribution in [2.75, 3.05) is 58.8 Å². The molecular weight excluding hydrogens is 314 g/mol. The molecule has 1 saturated heterocycles. The van der Waals surface area contributed by atoms with Gasteiger partial charge in [-0.25, -0.2) is 0 Å². The highest BCUT2D eigenvalue weighted by Crippen LogP contribution is 2.09. The van der Waals surface area contributed by atoms with Crippen LogP contribution in [0, 0.1) is 0 Å². The van der Waals surface area contributed by atoms with Crippen LogP contribution in [-0.2, 0) is 11.3 Å². The zero-order chi connectivity index (χ0) is 17.7. The topological polar surface area (TPSA) is 60.9 Å². The number of rotatable bonds is 9. The number of hydrogen-bond acceptors (Lipinski definition) is 4. The van der Waals surface area contributed by atoms with Gasteiger partial charge in [-0.05, 0) is 43.6 Å². The second-order valence-electron chi connectivity index (χ2n) is 6.37. The summed E-state index contributed by atoms with van der Waals surface area (Å²) in [5.41, 5.74) is 2.35. The predicted octanol–water partition coefficient (Wildman–Crippen LogP) is 1.90. The van der Waals surface area contributed by atoms with E-state index in [1.165, 1.54) is 37.9 Å². The van der Waals surface area contributed by atoms with Crippen LogP contribution in [0.25, 0.3) is 0 Å². The van der Waals surface area contributed by atoms with Crippen LogP contribution in [0.1, 0.15) is 24.8 Å². The van der Waals surface area contributed by atoms with Crippen LogP contribution in [0.15, 0.2) is 29.3 Å². The average molecular weight is 348 g/mol. The minimum absolute atomic E-state index is 0.711. The van der Waals surface area contributed by atoms with Crippen LogP contribution in [0.5, 0.6) is 0 Å². The second kappa shape index (κ2) is 11.7. The molecule has 0 unspecified atom stereocenters. The summed E-state index contributed by atoms with van der Waals surface area (Å²) < 4.78 is 5.04. The van der Waals surface area contributed by atoms with E-state index in [9.17, 15) is 0 Å². The van der Waals surface area contributed by atoms with E-state index in [-0.39, 0.29) is 0 Å². The SMILES string of the molecule is CN=C(NCCN1CCCCC1)NCc1ccc(NCCOC)cc1. The van der Waals surface area contributed by atoms with Gasteiger partial charge in [0.25, 0.3) is 0 Å². The summed E-state index contributed by atoms with van der Waals surface area (Å²) >= 11 is 0. The van der Waals surface area contributed by atoms with E-state index >= 15 is 0 Å². The maximum atomic E-state index is 5.04. The molecule has 0 atom stereocenters. The molecule has 25 heavy (non-hydrogen) atoms. The van der Waals surface area contributed by atoms with Gasteiger partial charge in [0.15, 0.2) is 5.96 Å². The van der Waals surface area contributed by atoms with Gasteiger partial charge in [0, 0.05) is 46.0 Å². The summed E-state index contributed by atoms with van der Waals surface area (Å²) in [6.07, 6.45) is 4.06. The van der Waals surface area contributed by atoms with E-state index in [0.29, 0.717) is 6.61 Å². The molecule has 140 valence electrons. The standard InChI is InChI=1S/C19H33N5O/c1-20-19(22-10-14-24-12-4-3-5-13-24)23-16-17-6-8-18(9-7-17)21-11-15-25-2/h6-9,21H,3-5,10-16H2,1-2H3,(H2,20,22,23). The average Bonchev–Trinajstić information content (AvgIpc) is 2.66. The molecule has 0 saturated carbocycles. The Labute approximate surface area is 152 Å². The van der Waals surface area contributed by atoms with Crippen molar-refractivity contribution in [2.45, 2.75) is 25.8 Å². The first-order chi connectivity index (χ1) is 12.3. The zero-order valence-corrected chi connectivity index (χ0v) is 15.7. The summed E-state index contributed by atoms with van der Waals surface area (Å²) in [7, 11) is 3.53. The summed E-state index contributed by atoms with van der Waals surface area (Å²) in [5.74, 6) is 0.860. The summed E-state index contributed by atoms with van der Waals surface area (Å²) in [6, 6.07) is 8.45. The van der Waals surface area contributed by atoms with Crippen molar-refractivity contribution < 1.29 is 4.74 Å². The molecule has 2 rings (SSSR count). The molecule has 6 nitrogen and oxygen atoms in total. The zero-order valence-electron chi connectivity index (χ0n) is 15.7. The van der Waals surface area contributed by atoms with Crippen LogP contribution in [0.3, 0.4) is 0 Å². The molecule has 1 aliphatic rings. The third-order valence-corrected chi connectivity index (χ3v) is 4.44. The molecule has 0 aliphatic carbocycles. The number of methoxy groups -OCH3 is 1. The van der Waals surface area contributed by atoms with E-state index < -0.39 is 0 Å². The monoisotopic (exact) mass is 347 g/mol. The van der Waals surface area contributed by atoms with Gasteiger partial charge < -0.3 is 25.6 Å². The third-order valence-electron chi connectivity index (χ3n) is 4.44. The van der Waals surface area contributed by atoms with E-state index in [4.69, 9.17) is 4.74 Å². The molecule has 3 N–H and O–H groups in total. The number of nitrogens with one attached hydrogen (secondary N) is 3. The van der Waals surface area contributed by atoms with Gasteiger partial charge in [-0.15, -0.1) is 0 Å². The molecule has 1 aromatic carbocycles. The maximum absolute atomic E-state index is 5.04. The van der Waals surface area contributed by atoms with E-state index in [1.807, 2.05) is 7.05 Å². The van der Waals surface area contributed by atoms with Crippen LogP contribution < -0.4 is 16.0 Å². The maximum Gasteiger partial charge on any atom is 0.191 e. The van der Waals surface area contributed by atoms with Gasteiger partial charge >= 0.3 is 0 Å². The minimum Gasteiger partial charge on any atom is -0.383 e. The van der Waals surface area contributed by atoms with Gasteiger partial charge in [0.05, 0.1) is 6.61 Å². The van der Waals surface area contributed by atoms with Crippen molar-refractivity contribution in [3.05, 3.63) is 29.8 Å². The Balaban J connectivity index is 1.65. The van der Waals surface area contributed by atoms with Crippen molar-refractivity contribution in [2.24, 2.45) is 4.99 Å². The van der Waals surface area contributed by atoms with Crippen LogP contribution in [-0.4, -0.2) is 64.3 Å². The van der Waals surface area contributed by atoms with Crippen LogP contribution >= 0.6 is 0 Å². The summed E-state index contributed by atoms with van der Waals surface area (Å²) in [6.45, 7) is 6.79. The van der Waals surface area contributed by atoms with Gasteiger partial charge in [0.2, 0.25) is 0 Å². The van der Waals surface area contributed by atoms with E-state index in [2.05, 4.69) is 50.1 Å². The van der Waals surface area contributed by atoms with Crippen molar-refractivity contribution in [1.29, 1.82) is 0 Å². The number of ether oxygens (including phenoxy) is 1. The Morgan fingerprint density at radius 3 is 2.52 bits per heavy atom. The van der Waals surface area contributed by atoms with Gasteiger partial charge in [-0.2, -0.15) is 0 Å². The Morgan fingerprint density at radius 2 is 1.84 bits per heavy atom. The normalized spacial score (nSPS) is 15.8. The van der Waals surface area contributed by atoms with Crippen molar-refractivity contribution in [3.8, 4) is 0 Å². The van der Waals surface area contributed by atoms with Crippen molar-refractivity contribution >= 4 is 11.6 Å². The summed E-state index contributed by atoms with van der Waals surface area (Å²) in [4.78, 5) is 6.83. The van der Waals surface area contributed by atoms with E-state index in [1.54, 1.807) is 7.11 Å². The molecule has 0 radical (unpaired) electrons.